The van der Waals surface area contributed by atoms with E-state index in [4.69, 9.17) is 16.3 Å². The number of amides is 3. The molecular weight excluding hydrogens is 394 g/mol. The summed E-state index contributed by atoms with van der Waals surface area (Å²) in [4.78, 5) is 38.1. The minimum atomic E-state index is -0.544. The van der Waals surface area contributed by atoms with Crippen molar-refractivity contribution >= 4 is 35.0 Å². The van der Waals surface area contributed by atoms with Crippen LogP contribution in [0.4, 0.5) is 5.69 Å². The minimum Gasteiger partial charge on any atom is -0.484 e. The number of ether oxygens (including phenoxy) is 1. The Morgan fingerprint density at radius 3 is 2.55 bits per heavy atom. The molecule has 8 heteroatoms. The third kappa shape index (κ3) is 5.26. The molecule has 0 radical (unpaired) electrons. The molecular formula is C21H22ClN3O4. The van der Waals surface area contributed by atoms with Gasteiger partial charge < -0.3 is 9.64 Å². The summed E-state index contributed by atoms with van der Waals surface area (Å²) in [6.07, 6.45) is 2.07. The number of halogens is 1. The summed E-state index contributed by atoms with van der Waals surface area (Å²) < 4.78 is 5.41. The molecule has 152 valence electrons. The van der Waals surface area contributed by atoms with Crippen molar-refractivity contribution in [2.24, 2.45) is 0 Å². The van der Waals surface area contributed by atoms with Crippen molar-refractivity contribution in [3.63, 3.8) is 0 Å². The Morgan fingerprint density at radius 1 is 1.14 bits per heavy atom. The summed E-state index contributed by atoms with van der Waals surface area (Å²) in [5.74, 6) is -0.549. The number of rotatable bonds is 6. The van der Waals surface area contributed by atoms with Crippen LogP contribution in [0.2, 0.25) is 5.02 Å². The van der Waals surface area contributed by atoms with E-state index in [0.717, 1.165) is 12.8 Å². The molecule has 0 unspecified atom stereocenters. The fraction of sp³-hybridized carbons (Fsp3) is 0.286. The molecule has 2 aromatic carbocycles. The van der Waals surface area contributed by atoms with Gasteiger partial charge in [0.25, 0.3) is 11.8 Å². The number of carbonyl (C=O) groups is 3. The number of hydrogen-bond donors (Lipinski definition) is 2. The molecule has 1 fully saturated rings. The fourth-order valence-electron chi connectivity index (χ4n) is 3.02. The van der Waals surface area contributed by atoms with Crippen LogP contribution in [-0.2, 0) is 16.0 Å². The van der Waals surface area contributed by atoms with E-state index in [1.807, 2.05) is 12.1 Å². The zero-order valence-corrected chi connectivity index (χ0v) is 16.8. The lowest BCUT2D eigenvalue weighted by Crippen LogP contribution is -2.44. The predicted molar refractivity (Wildman–Crippen MR) is 110 cm³/mol. The second-order valence-corrected chi connectivity index (χ2v) is 7.04. The van der Waals surface area contributed by atoms with Crippen molar-refractivity contribution in [3.8, 4) is 5.75 Å². The maximum absolute atomic E-state index is 12.5. The third-order valence-corrected chi connectivity index (χ3v) is 4.82. The highest BCUT2D eigenvalue weighted by atomic mass is 35.5. The molecule has 29 heavy (non-hydrogen) atoms. The average molecular weight is 416 g/mol. The molecule has 2 N–H and O–H groups in total. The molecule has 0 saturated carbocycles. The van der Waals surface area contributed by atoms with Crippen molar-refractivity contribution in [2.45, 2.75) is 26.2 Å². The van der Waals surface area contributed by atoms with E-state index in [9.17, 15) is 14.4 Å². The van der Waals surface area contributed by atoms with E-state index >= 15 is 0 Å². The van der Waals surface area contributed by atoms with Gasteiger partial charge in [-0.15, -0.1) is 0 Å². The lowest BCUT2D eigenvalue weighted by atomic mass is 10.1. The van der Waals surface area contributed by atoms with Crippen LogP contribution < -0.4 is 20.5 Å². The summed E-state index contributed by atoms with van der Waals surface area (Å²) in [7, 11) is 0. The van der Waals surface area contributed by atoms with Crippen molar-refractivity contribution in [3.05, 3.63) is 58.6 Å². The van der Waals surface area contributed by atoms with E-state index in [2.05, 4.69) is 17.8 Å². The molecule has 1 heterocycles. The number of hydrogen-bond acceptors (Lipinski definition) is 4. The van der Waals surface area contributed by atoms with Crippen LogP contribution >= 0.6 is 11.6 Å². The minimum absolute atomic E-state index is 0.0622. The molecule has 0 aliphatic carbocycles. The maximum Gasteiger partial charge on any atom is 0.276 e. The smallest absolute Gasteiger partial charge is 0.276 e. The topological polar surface area (TPSA) is 87.7 Å². The van der Waals surface area contributed by atoms with Crippen molar-refractivity contribution in [1.82, 2.24) is 10.9 Å². The Hall–Kier alpha value is -3.06. The van der Waals surface area contributed by atoms with Crippen LogP contribution in [0, 0.1) is 0 Å². The van der Waals surface area contributed by atoms with Gasteiger partial charge >= 0.3 is 0 Å². The van der Waals surface area contributed by atoms with Crippen LogP contribution in [0.25, 0.3) is 0 Å². The summed E-state index contributed by atoms with van der Waals surface area (Å²) in [6.45, 7) is 2.33. The normalized spacial score (nSPS) is 13.3. The molecule has 0 spiro atoms. The van der Waals surface area contributed by atoms with Gasteiger partial charge in [0.2, 0.25) is 5.91 Å². The quantitative estimate of drug-likeness (QED) is 0.710. The Balaban J connectivity index is 1.57. The molecule has 2 aromatic rings. The molecule has 1 aliphatic rings. The van der Waals surface area contributed by atoms with Crippen LogP contribution in [0.5, 0.6) is 5.75 Å². The second-order valence-electron chi connectivity index (χ2n) is 6.60. The highest BCUT2D eigenvalue weighted by molar-refractivity contribution is 6.31. The molecule has 0 aromatic heterocycles. The third-order valence-electron chi connectivity index (χ3n) is 4.59. The van der Waals surface area contributed by atoms with Crippen LogP contribution in [0.15, 0.2) is 42.5 Å². The molecule has 0 atom stereocenters. The first-order valence-corrected chi connectivity index (χ1v) is 9.76. The van der Waals surface area contributed by atoms with Crippen LogP contribution in [-0.4, -0.2) is 30.9 Å². The number of nitrogens with zero attached hydrogens (tertiary/aromatic N) is 1. The van der Waals surface area contributed by atoms with Crippen molar-refractivity contribution in [2.75, 3.05) is 18.1 Å². The first-order chi connectivity index (χ1) is 14.0. The molecule has 3 rings (SSSR count). The van der Waals surface area contributed by atoms with Crippen LogP contribution in [0.3, 0.4) is 0 Å². The van der Waals surface area contributed by atoms with E-state index in [0.29, 0.717) is 29.4 Å². The first-order valence-electron chi connectivity index (χ1n) is 9.38. The van der Waals surface area contributed by atoms with E-state index < -0.39 is 11.8 Å². The monoisotopic (exact) mass is 415 g/mol. The molecule has 1 saturated heterocycles. The van der Waals surface area contributed by atoms with Gasteiger partial charge in [0, 0.05) is 18.0 Å². The first kappa shape index (κ1) is 20.7. The predicted octanol–water partition coefficient (Wildman–Crippen LogP) is 2.87. The molecule has 7 nitrogen and oxygen atoms in total. The van der Waals surface area contributed by atoms with Gasteiger partial charge in [-0.25, -0.2) is 0 Å². The van der Waals surface area contributed by atoms with Gasteiger partial charge in [-0.05, 0) is 48.7 Å². The Kier molecular flexibility index (Phi) is 6.72. The van der Waals surface area contributed by atoms with Crippen molar-refractivity contribution < 1.29 is 19.1 Å². The molecule has 0 bridgehead atoms. The number of carbonyl (C=O) groups excluding carboxylic acids is 3. The van der Waals surface area contributed by atoms with Gasteiger partial charge in [-0.2, -0.15) is 0 Å². The Morgan fingerprint density at radius 2 is 1.90 bits per heavy atom. The number of aryl methyl sites for hydroxylation is 1. The highest BCUT2D eigenvalue weighted by Gasteiger charge is 2.26. The van der Waals surface area contributed by atoms with Gasteiger partial charge in [0.15, 0.2) is 6.61 Å². The zero-order valence-electron chi connectivity index (χ0n) is 16.0. The summed E-state index contributed by atoms with van der Waals surface area (Å²) in [6, 6.07) is 12.1. The fourth-order valence-corrected chi connectivity index (χ4v) is 3.19. The van der Waals surface area contributed by atoms with Gasteiger partial charge in [-0.1, -0.05) is 30.7 Å². The largest absolute Gasteiger partial charge is 0.484 e. The standard InChI is InChI=1S/C21H22ClN3O4/c1-2-14-5-8-16(9-6-14)29-13-19(26)23-24-21(28)17-10-7-15(22)12-18(17)25-11-3-4-20(25)27/h5-10,12H,2-4,11,13H2,1H3,(H,23,26)(H,24,28). The molecule has 3 amide bonds. The summed E-state index contributed by atoms with van der Waals surface area (Å²) in [5.41, 5.74) is 6.52. The van der Waals surface area contributed by atoms with E-state index in [-0.39, 0.29) is 18.1 Å². The number of hydrazine groups is 1. The summed E-state index contributed by atoms with van der Waals surface area (Å²) in [5, 5.41) is 0.419. The summed E-state index contributed by atoms with van der Waals surface area (Å²) >= 11 is 6.04. The Bertz CT molecular complexity index is 915. The van der Waals surface area contributed by atoms with Crippen LogP contribution in [0.1, 0.15) is 35.7 Å². The number of nitrogens with one attached hydrogen (secondary N) is 2. The zero-order chi connectivity index (χ0) is 20.8. The number of anilines is 1. The molecule has 1 aliphatic heterocycles. The highest BCUT2D eigenvalue weighted by Crippen LogP contribution is 2.28. The lowest BCUT2D eigenvalue weighted by Gasteiger charge is -2.20. The Labute approximate surface area is 173 Å². The van der Waals surface area contributed by atoms with Gasteiger partial charge in [-0.3, -0.25) is 25.2 Å². The number of benzene rings is 2. The van der Waals surface area contributed by atoms with E-state index in [1.54, 1.807) is 24.3 Å². The van der Waals surface area contributed by atoms with E-state index in [1.165, 1.54) is 16.5 Å². The second kappa shape index (κ2) is 9.43. The average Bonchev–Trinajstić information content (AvgIpc) is 3.16. The lowest BCUT2D eigenvalue weighted by molar-refractivity contribution is -0.123. The van der Waals surface area contributed by atoms with Crippen molar-refractivity contribution in [1.29, 1.82) is 0 Å². The van der Waals surface area contributed by atoms with Gasteiger partial charge in [0.05, 0.1) is 11.3 Å². The maximum atomic E-state index is 12.5. The SMILES string of the molecule is CCc1ccc(OCC(=O)NNC(=O)c2ccc(Cl)cc2N2CCCC2=O)cc1. The van der Waals surface area contributed by atoms with Gasteiger partial charge in [0.1, 0.15) is 5.75 Å².